The summed E-state index contributed by atoms with van der Waals surface area (Å²) < 4.78 is 5.25. The zero-order valence-electron chi connectivity index (χ0n) is 7.90. The second-order valence-electron chi connectivity index (χ2n) is 2.62. The maximum absolute atomic E-state index is 10.8. The average Bonchev–Trinajstić information content (AvgIpc) is 2.21. The minimum Gasteiger partial charge on any atom is -0.491 e. The molecule has 0 aliphatic carbocycles. The summed E-state index contributed by atoms with van der Waals surface area (Å²) in [6.45, 7) is 0.185. The Morgan fingerprint density at radius 2 is 2.20 bits per heavy atom. The molecule has 0 radical (unpaired) electrons. The van der Waals surface area contributed by atoms with Gasteiger partial charge in [0, 0.05) is 0 Å². The number of carbonyl (C=O) groups is 1. The lowest BCUT2D eigenvalue weighted by molar-refractivity contribution is -0.151. The van der Waals surface area contributed by atoms with E-state index >= 15 is 0 Å². The van der Waals surface area contributed by atoms with Gasteiger partial charge < -0.3 is 9.57 Å². The summed E-state index contributed by atoms with van der Waals surface area (Å²) >= 11 is 5.83. The van der Waals surface area contributed by atoms with Crippen LogP contribution in [0, 0.1) is 0 Å². The largest absolute Gasteiger partial charge is 0.491 e. The molecule has 0 saturated carbocycles. The summed E-state index contributed by atoms with van der Waals surface area (Å²) in [7, 11) is 0. The predicted molar refractivity (Wildman–Crippen MR) is 55.0 cm³/mol. The molecule has 0 aromatic heterocycles. The highest BCUT2D eigenvalue weighted by atomic mass is 35.5. The van der Waals surface area contributed by atoms with Crippen LogP contribution < -0.4 is 16.2 Å². The van der Waals surface area contributed by atoms with Gasteiger partial charge in [0.15, 0.2) is 0 Å². The molecule has 0 fully saturated rings. The predicted octanol–water partition coefficient (Wildman–Crippen LogP) is 1.03. The fourth-order valence-electron chi connectivity index (χ4n) is 0.923. The van der Waals surface area contributed by atoms with Gasteiger partial charge in [-0.1, -0.05) is 29.3 Å². The van der Waals surface area contributed by atoms with Crippen LogP contribution in [0.2, 0.25) is 5.02 Å². The summed E-state index contributed by atoms with van der Waals surface area (Å²) in [6.07, 6.45) is 0.0927. The molecule has 0 aliphatic heterocycles. The van der Waals surface area contributed by atoms with E-state index < -0.39 is 5.97 Å². The van der Waals surface area contributed by atoms with Crippen LogP contribution in [0.4, 0.5) is 0 Å². The van der Waals surface area contributed by atoms with Crippen LogP contribution in [0.1, 0.15) is 6.42 Å². The lowest BCUT2D eigenvalue weighted by atomic mass is 10.3. The average molecular weight is 231 g/mol. The number of hydrogen-bond acceptors (Lipinski definition) is 5. The molecule has 0 aliphatic rings. The van der Waals surface area contributed by atoms with E-state index in [9.17, 15) is 4.79 Å². The molecule has 0 saturated heterocycles. The van der Waals surface area contributed by atoms with Gasteiger partial charge in [0.2, 0.25) is 0 Å². The number of ether oxygens (including phenoxy) is 1. The molecule has 1 aromatic carbocycles. The van der Waals surface area contributed by atoms with Crippen molar-refractivity contribution in [3.8, 4) is 5.75 Å². The molecule has 0 amide bonds. The van der Waals surface area contributed by atoms with Crippen LogP contribution >= 0.6 is 11.6 Å². The zero-order chi connectivity index (χ0) is 11.1. The van der Waals surface area contributed by atoms with E-state index in [1.54, 1.807) is 29.9 Å². The van der Waals surface area contributed by atoms with Gasteiger partial charge in [0.1, 0.15) is 5.75 Å². The molecule has 82 valence electrons. The standard InChI is InChI=1S/C9H11ClN2O3/c10-7-3-1-2-4-8(7)14-6-5-9(13)15-12-11/h1-4,12H,5-6,11H2. The number of hydrogen-bond donors (Lipinski definition) is 2. The van der Waals surface area contributed by atoms with E-state index in [4.69, 9.17) is 22.2 Å². The van der Waals surface area contributed by atoms with Crippen molar-refractivity contribution in [1.82, 2.24) is 5.59 Å². The summed E-state index contributed by atoms with van der Waals surface area (Å²) in [4.78, 5) is 15.1. The van der Waals surface area contributed by atoms with E-state index in [0.29, 0.717) is 10.8 Å². The normalized spacial score (nSPS) is 9.73. The fourth-order valence-corrected chi connectivity index (χ4v) is 1.11. The summed E-state index contributed by atoms with van der Waals surface area (Å²) in [6, 6.07) is 7.01. The third-order valence-corrected chi connectivity index (χ3v) is 1.89. The number of rotatable bonds is 5. The van der Waals surface area contributed by atoms with Gasteiger partial charge in [-0.25, -0.2) is 5.84 Å². The summed E-state index contributed by atoms with van der Waals surface area (Å²) in [5.41, 5.74) is 1.80. The minimum atomic E-state index is -0.496. The third kappa shape index (κ3) is 4.16. The molecule has 5 nitrogen and oxygen atoms in total. The van der Waals surface area contributed by atoms with E-state index in [1.165, 1.54) is 0 Å². The van der Waals surface area contributed by atoms with E-state index in [2.05, 4.69) is 4.84 Å². The van der Waals surface area contributed by atoms with Crippen molar-refractivity contribution in [3.05, 3.63) is 29.3 Å². The first-order chi connectivity index (χ1) is 7.24. The molecule has 0 heterocycles. The first-order valence-electron chi connectivity index (χ1n) is 4.26. The highest BCUT2D eigenvalue weighted by Crippen LogP contribution is 2.22. The Labute approximate surface area is 92.0 Å². The molecule has 15 heavy (non-hydrogen) atoms. The molecule has 1 rings (SSSR count). The molecular weight excluding hydrogens is 220 g/mol. The first kappa shape index (κ1) is 11.8. The second kappa shape index (κ2) is 6.23. The van der Waals surface area contributed by atoms with Crippen LogP contribution in [0.15, 0.2) is 24.3 Å². The second-order valence-corrected chi connectivity index (χ2v) is 3.03. The number of hydrazine groups is 1. The SMILES string of the molecule is NNOC(=O)CCOc1ccccc1Cl. The Morgan fingerprint density at radius 1 is 1.47 bits per heavy atom. The molecule has 3 N–H and O–H groups in total. The summed E-state index contributed by atoms with van der Waals surface area (Å²) in [5, 5.41) is 0.503. The van der Waals surface area contributed by atoms with Crippen LogP contribution in [0.5, 0.6) is 5.75 Å². The number of nitrogens with two attached hydrogens (primary N) is 1. The monoisotopic (exact) mass is 230 g/mol. The Kier molecular flexibility index (Phi) is 4.89. The molecular formula is C9H11ClN2O3. The van der Waals surface area contributed by atoms with Gasteiger partial charge in [-0.3, -0.25) is 4.79 Å². The number of carbonyl (C=O) groups excluding carboxylic acids is 1. The number of benzene rings is 1. The topological polar surface area (TPSA) is 73.6 Å². The molecule has 1 aromatic rings. The van der Waals surface area contributed by atoms with Crippen molar-refractivity contribution in [2.75, 3.05) is 6.61 Å². The number of halogens is 1. The van der Waals surface area contributed by atoms with E-state index in [-0.39, 0.29) is 13.0 Å². The third-order valence-electron chi connectivity index (χ3n) is 1.57. The Balaban J connectivity index is 2.32. The lowest BCUT2D eigenvalue weighted by Crippen LogP contribution is -2.26. The van der Waals surface area contributed by atoms with Gasteiger partial charge in [-0.2, -0.15) is 0 Å². The number of nitrogens with one attached hydrogen (secondary N) is 1. The fraction of sp³-hybridized carbons (Fsp3) is 0.222. The van der Waals surface area contributed by atoms with Crippen molar-refractivity contribution < 1.29 is 14.4 Å². The highest BCUT2D eigenvalue weighted by molar-refractivity contribution is 6.32. The van der Waals surface area contributed by atoms with Crippen molar-refractivity contribution in [1.29, 1.82) is 0 Å². The number of para-hydroxylation sites is 1. The molecule has 0 atom stereocenters. The smallest absolute Gasteiger partial charge is 0.329 e. The first-order valence-corrected chi connectivity index (χ1v) is 4.64. The van der Waals surface area contributed by atoms with Crippen LogP contribution in [-0.4, -0.2) is 12.6 Å². The van der Waals surface area contributed by atoms with E-state index in [1.807, 2.05) is 0 Å². The Morgan fingerprint density at radius 3 is 2.87 bits per heavy atom. The Bertz CT molecular complexity index is 333. The molecule has 0 unspecified atom stereocenters. The lowest BCUT2D eigenvalue weighted by Gasteiger charge is -2.06. The van der Waals surface area contributed by atoms with Crippen LogP contribution in [-0.2, 0) is 9.63 Å². The van der Waals surface area contributed by atoms with Crippen molar-refractivity contribution >= 4 is 17.6 Å². The van der Waals surface area contributed by atoms with Crippen molar-refractivity contribution in [2.24, 2.45) is 5.84 Å². The maximum atomic E-state index is 10.8. The maximum Gasteiger partial charge on any atom is 0.329 e. The van der Waals surface area contributed by atoms with Crippen LogP contribution in [0.3, 0.4) is 0 Å². The highest BCUT2D eigenvalue weighted by Gasteiger charge is 2.04. The van der Waals surface area contributed by atoms with Gasteiger partial charge in [0.25, 0.3) is 0 Å². The van der Waals surface area contributed by atoms with Gasteiger partial charge in [0.05, 0.1) is 18.1 Å². The van der Waals surface area contributed by atoms with Gasteiger partial charge in [-0.15, -0.1) is 0 Å². The van der Waals surface area contributed by atoms with Crippen LogP contribution in [0.25, 0.3) is 0 Å². The molecule has 6 heteroatoms. The molecule has 0 bridgehead atoms. The zero-order valence-corrected chi connectivity index (χ0v) is 8.66. The molecule has 0 spiro atoms. The minimum absolute atomic E-state index is 0.0927. The summed E-state index contributed by atoms with van der Waals surface area (Å²) in [5.74, 6) is 4.82. The van der Waals surface area contributed by atoms with Crippen molar-refractivity contribution in [2.45, 2.75) is 6.42 Å². The quantitative estimate of drug-likeness (QED) is 0.584. The van der Waals surface area contributed by atoms with Gasteiger partial charge in [-0.05, 0) is 12.1 Å². The van der Waals surface area contributed by atoms with Gasteiger partial charge >= 0.3 is 5.97 Å². The Hall–Kier alpha value is -1.30. The van der Waals surface area contributed by atoms with Crippen molar-refractivity contribution in [3.63, 3.8) is 0 Å². The van der Waals surface area contributed by atoms with E-state index in [0.717, 1.165) is 0 Å².